The van der Waals surface area contributed by atoms with Crippen molar-refractivity contribution in [2.45, 2.75) is 12.8 Å². The average molecular weight is 248 g/mol. The van der Waals surface area contributed by atoms with Crippen LogP contribution >= 0.6 is 11.6 Å². The lowest BCUT2D eigenvalue weighted by molar-refractivity contribution is 0.902. The molecule has 0 fully saturated rings. The number of hydrogen-bond donors (Lipinski definition) is 2. The number of allylic oxidation sites excluding steroid dienone is 1. The molecule has 0 unspecified atom stereocenters. The first-order chi connectivity index (χ1) is 8.33. The van der Waals surface area contributed by atoms with E-state index >= 15 is 0 Å². The maximum Gasteiger partial charge on any atom is 0.224 e. The van der Waals surface area contributed by atoms with Gasteiger partial charge in [-0.1, -0.05) is 6.08 Å². The molecule has 0 spiro atoms. The van der Waals surface area contributed by atoms with Gasteiger partial charge < -0.3 is 5.32 Å². The van der Waals surface area contributed by atoms with E-state index < -0.39 is 0 Å². The van der Waals surface area contributed by atoms with Crippen molar-refractivity contribution >= 4 is 23.1 Å². The third-order valence-corrected chi connectivity index (χ3v) is 2.82. The second kappa shape index (κ2) is 4.18. The Morgan fingerprint density at radius 3 is 3.24 bits per heavy atom. The number of nitrogens with one attached hydrogen (secondary N) is 2. The zero-order valence-corrected chi connectivity index (χ0v) is 9.70. The summed E-state index contributed by atoms with van der Waals surface area (Å²) in [6.07, 6.45) is 7.54. The van der Waals surface area contributed by atoms with E-state index in [-0.39, 0.29) is 5.28 Å². The second-order valence-electron chi connectivity index (χ2n) is 3.75. The van der Waals surface area contributed by atoms with Gasteiger partial charge in [0, 0.05) is 23.2 Å². The molecule has 0 aromatic carbocycles. The van der Waals surface area contributed by atoms with Crippen molar-refractivity contribution < 1.29 is 0 Å². The van der Waals surface area contributed by atoms with Crippen molar-refractivity contribution in [3.63, 3.8) is 0 Å². The Kier molecular flexibility index (Phi) is 2.53. The normalized spacial score (nSPS) is 14.1. The van der Waals surface area contributed by atoms with Crippen molar-refractivity contribution in [3.8, 4) is 0 Å². The number of nitrogens with zero attached hydrogens (tertiary/aromatic N) is 3. The van der Waals surface area contributed by atoms with Gasteiger partial charge in [-0.15, -0.1) is 0 Å². The fourth-order valence-electron chi connectivity index (χ4n) is 1.87. The number of rotatable bonds is 2. The highest BCUT2D eigenvalue weighted by Crippen LogP contribution is 2.25. The molecule has 0 radical (unpaired) electrons. The van der Waals surface area contributed by atoms with Gasteiger partial charge in [-0.2, -0.15) is 5.10 Å². The van der Waals surface area contributed by atoms with E-state index in [0.717, 1.165) is 29.8 Å². The quantitative estimate of drug-likeness (QED) is 0.799. The van der Waals surface area contributed by atoms with Gasteiger partial charge in [-0.25, -0.2) is 9.97 Å². The smallest absolute Gasteiger partial charge is 0.224 e. The summed E-state index contributed by atoms with van der Waals surface area (Å²) in [5.41, 5.74) is 3.25. The monoisotopic (exact) mass is 247 g/mol. The van der Waals surface area contributed by atoms with Gasteiger partial charge in [-0.3, -0.25) is 5.10 Å². The van der Waals surface area contributed by atoms with Gasteiger partial charge in [0.1, 0.15) is 5.82 Å². The molecule has 0 aliphatic heterocycles. The Bertz CT molecular complexity index is 575. The van der Waals surface area contributed by atoms with Gasteiger partial charge in [0.25, 0.3) is 0 Å². The summed E-state index contributed by atoms with van der Waals surface area (Å²) in [5, 5.41) is 10.5. The van der Waals surface area contributed by atoms with Gasteiger partial charge >= 0.3 is 0 Å². The molecule has 0 amide bonds. The first-order valence-electron chi connectivity index (χ1n) is 5.31. The van der Waals surface area contributed by atoms with Crippen LogP contribution in [0.1, 0.15) is 17.7 Å². The van der Waals surface area contributed by atoms with Gasteiger partial charge in [-0.05, 0) is 30.5 Å². The highest BCUT2D eigenvalue weighted by Gasteiger charge is 2.14. The molecule has 5 nitrogen and oxygen atoms in total. The Labute approximate surface area is 103 Å². The second-order valence-corrected chi connectivity index (χ2v) is 4.09. The molecule has 2 aromatic rings. The van der Waals surface area contributed by atoms with Gasteiger partial charge in [0.05, 0.1) is 6.20 Å². The maximum absolute atomic E-state index is 5.74. The van der Waals surface area contributed by atoms with Crippen LogP contribution in [0.4, 0.5) is 5.82 Å². The number of anilines is 1. The molecule has 2 N–H and O–H groups in total. The van der Waals surface area contributed by atoms with Crippen LogP contribution in [0.25, 0.3) is 5.70 Å². The summed E-state index contributed by atoms with van der Waals surface area (Å²) >= 11 is 5.74. The number of halogens is 1. The standard InChI is InChI=1S/C11H10ClN5/c12-11-13-5-4-10(16-11)15-8-2-1-3-9-7(8)6-14-17-9/h2,4-6H,1,3H2,(H,14,17)(H,13,15,16). The lowest BCUT2D eigenvalue weighted by Crippen LogP contribution is -2.06. The molecule has 0 atom stereocenters. The van der Waals surface area contributed by atoms with E-state index in [9.17, 15) is 0 Å². The van der Waals surface area contributed by atoms with Crippen LogP contribution in [0.15, 0.2) is 24.5 Å². The lowest BCUT2D eigenvalue weighted by Gasteiger charge is -2.14. The van der Waals surface area contributed by atoms with E-state index in [2.05, 4.69) is 31.6 Å². The Balaban J connectivity index is 1.89. The highest BCUT2D eigenvalue weighted by atomic mass is 35.5. The minimum Gasteiger partial charge on any atom is -0.340 e. The number of fused-ring (bicyclic) bond motifs is 1. The molecule has 2 heterocycles. The summed E-state index contributed by atoms with van der Waals surface area (Å²) in [6, 6.07) is 1.78. The number of H-pyrrole nitrogens is 1. The number of hydrogen-bond acceptors (Lipinski definition) is 4. The van der Waals surface area contributed by atoms with Crippen LogP contribution in [0.2, 0.25) is 5.28 Å². The van der Waals surface area contributed by atoms with Gasteiger partial charge in [0.2, 0.25) is 5.28 Å². The van der Waals surface area contributed by atoms with Crippen LogP contribution in [0, 0.1) is 0 Å². The molecular formula is C11H10ClN5. The van der Waals surface area contributed by atoms with E-state index in [4.69, 9.17) is 11.6 Å². The Morgan fingerprint density at radius 2 is 2.35 bits per heavy atom. The zero-order valence-electron chi connectivity index (χ0n) is 8.94. The van der Waals surface area contributed by atoms with Crippen LogP contribution in [0.3, 0.4) is 0 Å². The predicted octanol–water partition coefficient (Wildman–Crippen LogP) is 2.25. The van der Waals surface area contributed by atoms with Crippen LogP contribution < -0.4 is 5.32 Å². The molecule has 1 aliphatic rings. The molecular weight excluding hydrogens is 238 g/mol. The topological polar surface area (TPSA) is 66.5 Å². The highest BCUT2D eigenvalue weighted by molar-refractivity contribution is 6.28. The molecule has 6 heteroatoms. The largest absolute Gasteiger partial charge is 0.340 e. The van der Waals surface area contributed by atoms with Crippen molar-refractivity contribution in [1.29, 1.82) is 0 Å². The fourth-order valence-corrected chi connectivity index (χ4v) is 2.01. The first kappa shape index (κ1) is 10.3. The summed E-state index contributed by atoms with van der Waals surface area (Å²) < 4.78 is 0. The molecule has 86 valence electrons. The van der Waals surface area contributed by atoms with Crippen LogP contribution in [0.5, 0.6) is 0 Å². The molecule has 0 saturated carbocycles. The third-order valence-electron chi connectivity index (χ3n) is 2.64. The van der Waals surface area contributed by atoms with Crippen molar-refractivity contribution in [1.82, 2.24) is 20.2 Å². The SMILES string of the molecule is Clc1nccc(NC2=CCCc3[nH]ncc32)n1. The first-order valence-corrected chi connectivity index (χ1v) is 5.69. The fraction of sp³-hybridized carbons (Fsp3) is 0.182. The van der Waals surface area contributed by atoms with E-state index in [1.807, 2.05) is 6.20 Å². The van der Waals surface area contributed by atoms with Crippen molar-refractivity contribution in [2.24, 2.45) is 0 Å². The number of aryl methyl sites for hydroxylation is 1. The van der Waals surface area contributed by atoms with E-state index in [1.165, 1.54) is 0 Å². The molecule has 2 aromatic heterocycles. The molecule has 17 heavy (non-hydrogen) atoms. The lowest BCUT2D eigenvalue weighted by atomic mass is 10.0. The molecule has 1 aliphatic carbocycles. The zero-order chi connectivity index (χ0) is 11.7. The average Bonchev–Trinajstić information content (AvgIpc) is 2.78. The van der Waals surface area contributed by atoms with Crippen molar-refractivity contribution in [2.75, 3.05) is 5.32 Å². The summed E-state index contributed by atoms with van der Waals surface area (Å²) in [7, 11) is 0. The molecule has 0 bridgehead atoms. The Hall–Kier alpha value is -1.88. The predicted molar refractivity (Wildman–Crippen MR) is 65.6 cm³/mol. The minimum absolute atomic E-state index is 0.235. The van der Waals surface area contributed by atoms with E-state index in [0.29, 0.717) is 5.82 Å². The van der Waals surface area contributed by atoms with Crippen molar-refractivity contribution in [3.05, 3.63) is 41.1 Å². The molecule has 3 rings (SSSR count). The maximum atomic E-state index is 5.74. The van der Waals surface area contributed by atoms with Crippen LogP contribution in [-0.2, 0) is 6.42 Å². The molecule has 0 saturated heterocycles. The summed E-state index contributed by atoms with van der Waals surface area (Å²) in [4.78, 5) is 7.94. The Morgan fingerprint density at radius 1 is 1.41 bits per heavy atom. The summed E-state index contributed by atoms with van der Waals surface area (Å²) in [6.45, 7) is 0. The number of aromatic nitrogens is 4. The van der Waals surface area contributed by atoms with Gasteiger partial charge in [0.15, 0.2) is 0 Å². The minimum atomic E-state index is 0.235. The summed E-state index contributed by atoms with van der Waals surface area (Å²) in [5.74, 6) is 0.685. The van der Waals surface area contributed by atoms with Crippen LogP contribution in [-0.4, -0.2) is 20.2 Å². The van der Waals surface area contributed by atoms with E-state index in [1.54, 1.807) is 12.3 Å². The number of aromatic amines is 1. The third kappa shape index (κ3) is 2.01.